The molecule has 2 N–H and O–H groups in total. The van der Waals surface area contributed by atoms with Crippen molar-refractivity contribution in [3.05, 3.63) is 52.5 Å². The molecule has 27 heavy (non-hydrogen) atoms. The Morgan fingerprint density at radius 3 is 2.85 bits per heavy atom. The molecule has 2 aromatic rings. The number of para-hydroxylation sites is 1. The Kier molecular flexibility index (Phi) is 5.12. The van der Waals surface area contributed by atoms with Crippen molar-refractivity contribution in [3.63, 3.8) is 0 Å². The summed E-state index contributed by atoms with van der Waals surface area (Å²) in [5.74, 6) is 1.23. The lowest BCUT2D eigenvalue weighted by atomic mass is 10.0. The fourth-order valence-electron chi connectivity index (χ4n) is 3.35. The number of fused-ring (bicyclic) bond motifs is 1. The highest BCUT2D eigenvalue weighted by atomic mass is 35.5. The Morgan fingerprint density at radius 2 is 2.07 bits per heavy atom. The number of carboxylic acid groups (broad SMARTS) is 1. The van der Waals surface area contributed by atoms with Crippen molar-refractivity contribution in [2.75, 3.05) is 18.5 Å². The first-order valence-corrected chi connectivity index (χ1v) is 9.64. The van der Waals surface area contributed by atoms with E-state index in [9.17, 15) is 4.79 Å². The van der Waals surface area contributed by atoms with Crippen LogP contribution >= 0.6 is 11.6 Å². The molecule has 2 aromatic carbocycles. The van der Waals surface area contributed by atoms with Crippen LogP contribution in [0.4, 0.5) is 5.69 Å². The van der Waals surface area contributed by atoms with Crippen LogP contribution in [0.1, 0.15) is 36.5 Å². The highest BCUT2D eigenvalue weighted by Crippen LogP contribution is 2.43. The molecular weight excluding hydrogens is 366 g/mol. The Hall–Kier alpha value is -2.40. The van der Waals surface area contributed by atoms with Gasteiger partial charge in [-0.15, -0.1) is 0 Å². The summed E-state index contributed by atoms with van der Waals surface area (Å²) in [5, 5.41) is 13.2. The third kappa shape index (κ3) is 4.30. The van der Waals surface area contributed by atoms with E-state index in [2.05, 4.69) is 5.32 Å². The lowest BCUT2D eigenvalue weighted by molar-refractivity contribution is -0.136. The molecule has 1 aliphatic carbocycles. The maximum atomic E-state index is 11.1. The smallest absolute Gasteiger partial charge is 0.307 e. The van der Waals surface area contributed by atoms with E-state index in [-0.39, 0.29) is 12.5 Å². The van der Waals surface area contributed by atoms with Crippen LogP contribution in [0.3, 0.4) is 0 Å². The summed E-state index contributed by atoms with van der Waals surface area (Å²) in [6, 6.07) is 11.0. The highest BCUT2D eigenvalue weighted by Gasteiger charge is 2.28. The highest BCUT2D eigenvalue weighted by molar-refractivity contribution is 6.31. The fourth-order valence-corrected chi connectivity index (χ4v) is 3.58. The number of aliphatic carboxylic acids is 1. The number of rotatable bonds is 7. The second kappa shape index (κ2) is 7.69. The predicted octanol–water partition coefficient (Wildman–Crippen LogP) is 4.69. The predicted molar refractivity (Wildman–Crippen MR) is 104 cm³/mol. The molecule has 2 aliphatic rings. The van der Waals surface area contributed by atoms with Gasteiger partial charge in [0.05, 0.1) is 18.7 Å². The molecule has 0 bridgehead atoms. The van der Waals surface area contributed by atoms with Crippen molar-refractivity contribution in [2.24, 2.45) is 5.92 Å². The van der Waals surface area contributed by atoms with E-state index in [1.807, 2.05) is 30.3 Å². The SMILES string of the molecule is O=C(O)Cc1ccccc1OC1CCOc2c(NCC3CC3)cc(Cl)cc21. The minimum atomic E-state index is -0.881. The quantitative estimate of drug-likeness (QED) is 0.721. The molecule has 5 nitrogen and oxygen atoms in total. The van der Waals surface area contributed by atoms with E-state index in [4.69, 9.17) is 26.2 Å². The summed E-state index contributed by atoms with van der Waals surface area (Å²) in [6.45, 7) is 1.46. The number of nitrogens with one attached hydrogen (secondary N) is 1. The van der Waals surface area contributed by atoms with E-state index < -0.39 is 5.97 Å². The molecule has 4 rings (SSSR count). The molecule has 1 unspecified atom stereocenters. The van der Waals surface area contributed by atoms with Gasteiger partial charge in [0.25, 0.3) is 0 Å². The molecule has 1 aliphatic heterocycles. The molecule has 1 heterocycles. The van der Waals surface area contributed by atoms with Crippen LogP contribution in [-0.2, 0) is 11.2 Å². The van der Waals surface area contributed by atoms with Crippen molar-refractivity contribution in [3.8, 4) is 11.5 Å². The van der Waals surface area contributed by atoms with Crippen molar-refractivity contribution in [1.82, 2.24) is 0 Å². The van der Waals surface area contributed by atoms with Gasteiger partial charge in [-0.05, 0) is 37.0 Å². The van der Waals surface area contributed by atoms with Crippen molar-refractivity contribution in [1.29, 1.82) is 0 Å². The van der Waals surface area contributed by atoms with E-state index in [1.165, 1.54) is 12.8 Å². The number of carbonyl (C=O) groups is 1. The number of ether oxygens (including phenoxy) is 2. The Morgan fingerprint density at radius 1 is 1.26 bits per heavy atom. The minimum Gasteiger partial charge on any atom is -0.491 e. The monoisotopic (exact) mass is 387 g/mol. The largest absolute Gasteiger partial charge is 0.491 e. The molecule has 0 aromatic heterocycles. The zero-order valence-corrected chi connectivity index (χ0v) is 15.7. The average molecular weight is 388 g/mol. The van der Waals surface area contributed by atoms with E-state index >= 15 is 0 Å². The Bertz CT molecular complexity index is 850. The van der Waals surface area contributed by atoms with Crippen LogP contribution in [-0.4, -0.2) is 24.2 Å². The standard InChI is InChI=1S/C21H22ClNO4/c22-15-10-16-19(27-18-4-2-1-3-14(18)9-20(24)25)7-8-26-21(16)17(11-15)23-12-13-5-6-13/h1-4,10-11,13,19,23H,5-9,12H2,(H,24,25). The first-order valence-electron chi connectivity index (χ1n) is 9.26. The van der Waals surface area contributed by atoms with Gasteiger partial charge < -0.3 is 19.9 Å². The second-order valence-electron chi connectivity index (χ2n) is 7.12. The summed E-state index contributed by atoms with van der Waals surface area (Å²) in [6.07, 6.45) is 2.90. The summed E-state index contributed by atoms with van der Waals surface area (Å²) in [7, 11) is 0. The van der Waals surface area contributed by atoms with Gasteiger partial charge in [0.15, 0.2) is 0 Å². The molecule has 1 atom stereocenters. The summed E-state index contributed by atoms with van der Waals surface area (Å²) in [4.78, 5) is 11.1. The Balaban J connectivity index is 1.60. The van der Waals surface area contributed by atoms with Gasteiger partial charge in [0, 0.05) is 29.1 Å². The Labute approximate surface area is 163 Å². The van der Waals surface area contributed by atoms with Crippen LogP contribution < -0.4 is 14.8 Å². The minimum absolute atomic E-state index is 0.0734. The number of halogens is 1. The average Bonchev–Trinajstić information content (AvgIpc) is 3.46. The van der Waals surface area contributed by atoms with Crippen LogP contribution in [0.15, 0.2) is 36.4 Å². The second-order valence-corrected chi connectivity index (χ2v) is 7.55. The third-order valence-electron chi connectivity index (χ3n) is 4.92. The molecule has 1 saturated carbocycles. The molecule has 1 fully saturated rings. The summed E-state index contributed by atoms with van der Waals surface area (Å²) >= 11 is 6.35. The zero-order valence-electron chi connectivity index (χ0n) is 14.9. The molecule has 6 heteroatoms. The topological polar surface area (TPSA) is 67.8 Å². The van der Waals surface area contributed by atoms with Crippen molar-refractivity contribution >= 4 is 23.3 Å². The maximum absolute atomic E-state index is 11.1. The number of carboxylic acids is 1. The van der Waals surface area contributed by atoms with Gasteiger partial charge in [-0.1, -0.05) is 29.8 Å². The third-order valence-corrected chi connectivity index (χ3v) is 5.14. The number of benzene rings is 2. The van der Waals surface area contributed by atoms with Crippen LogP contribution in [0.25, 0.3) is 0 Å². The maximum Gasteiger partial charge on any atom is 0.307 e. The molecule has 0 saturated heterocycles. The van der Waals surface area contributed by atoms with Crippen molar-refractivity contribution < 1.29 is 19.4 Å². The lowest BCUT2D eigenvalue weighted by Crippen LogP contribution is -2.21. The molecular formula is C21H22ClNO4. The van der Waals surface area contributed by atoms with Crippen molar-refractivity contribution in [2.45, 2.75) is 31.8 Å². The van der Waals surface area contributed by atoms with Gasteiger partial charge in [0.2, 0.25) is 0 Å². The molecule has 0 amide bonds. The zero-order chi connectivity index (χ0) is 18.8. The first-order chi connectivity index (χ1) is 13.1. The lowest BCUT2D eigenvalue weighted by Gasteiger charge is -2.29. The number of hydrogen-bond donors (Lipinski definition) is 2. The van der Waals surface area contributed by atoms with Crippen LogP contribution in [0.5, 0.6) is 11.5 Å². The molecule has 142 valence electrons. The van der Waals surface area contributed by atoms with Gasteiger partial charge in [-0.3, -0.25) is 4.79 Å². The first kappa shape index (κ1) is 18.0. The molecule has 0 spiro atoms. The van der Waals surface area contributed by atoms with Gasteiger partial charge in [-0.2, -0.15) is 0 Å². The van der Waals surface area contributed by atoms with Gasteiger partial charge >= 0.3 is 5.97 Å². The van der Waals surface area contributed by atoms with Crippen LogP contribution in [0, 0.1) is 5.92 Å². The van der Waals surface area contributed by atoms with E-state index in [1.54, 1.807) is 6.07 Å². The van der Waals surface area contributed by atoms with Gasteiger partial charge in [-0.25, -0.2) is 0 Å². The van der Waals surface area contributed by atoms with E-state index in [0.29, 0.717) is 29.4 Å². The summed E-state index contributed by atoms with van der Waals surface area (Å²) in [5.41, 5.74) is 2.46. The van der Waals surface area contributed by atoms with E-state index in [0.717, 1.165) is 29.5 Å². The number of anilines is 1. The molecule has 0 radical (unpaired) electrons. The van der Waals surface area contributed by atoms with Crippen LogP contribution in [0.2, 0.25) is 5.02 Å². The van der Waals surface area contributed by atoms with Gasteiger partial charge in [0.1, 0.15) is 17.6 Å². The number of hydrogen-bond acceptors (Lipinski definition) is 4. The summed E-state index contributed by atoms with van der Waals surface area (Å²) < 4.78 is 12.2. The fraction of sp³-hybridized carbons (Fsp3) is 0.381. The normalized spacial score (nSPS) is 18.3.